The van der Waals surface area contributed by atoms with E-state index >= 15 is 0 Å². The summed E-state index contributed by atoms with van der Waals surface area (Å²) in [5, 5.41) is 0. The highest BCUT2D eigenvalue weighted by molar-refractivity contribution is 5.78. The smallest absolute Gasteiger partial charge is 0.307 e. The molecule has 0 aromatic rings. The molecule has 0 aliphatic rings. The maximum Gasteiger partial charge on any atom is 0.307 e. The molecular formula is C19H28O4. The first-order chi connectivity index (χ1) is 10.9. The quantitative estimate of drug-likeness (QED) is 0.507. The van der Waals surface area contributed by atoms with E-state index in [0.29, 0.717) is 18.8 Å². The summed E-state index contributed by atoms with van der Waals surface area (Å²) in [5.41, 5.74) is 0. The van der Waals surface area contributed by atoms with E-state index in [1.54, 1.807) is 6.92 Å². The normalized spacial score (nSPS) is 12.3. The molecule has 0 rings (SSSR count). The van der Waals surface area contributed by atoms with Gasteiger partial charge in [0.25, 0.3) is 0 Å². The zero-order valence-electron chi connectivity index (χ0n) is 14.9. The van der Waals surface area contributed by atoms with Crippen LogP contribution in [0.2, 0.25) is 0 Å². The van der Waals surface area contributed by atoms with Crippen molar-refractivity contribution in [2.75, 3.05) is 0 Å². The molecule has 0 aromatic heterocycles. The van der Waals surface area contributed by atoms with Crippen molar-refractivity contribution in [1.29, 1.82) is 0 Å². The molecule has 0 heterocycles. The lowest BCUT2D eigenvalue weighted by Gasteiger charge is -2.15. The first-order valence-electron chi connectivity index (χ1n) is 8.22. The summed E-state index contributed by atoms with van der Waals surface area (Å²) in [5.74, 6) is 10.9. The summed E-state index contributed by atoms with van der Waals surface area (Å²) in [4.78, 5) is 23.6. The number of ether oxygens (including phenoxy) is 2. The van der Waals surface area contributed by atoms with Crippen molar-refractivity contribution in [1.82, 2.24) is 0 Å². The molecule has 0 radical (unpaired) electrons. The number of carbonyl (C=O) groups is 2. The van der Waals surface area contributed by atoms with Gasteiger partial charge in [-0.1, -0.05) is 45.5 Å². The highest BCUT2D eigenvalue weighted by atomic mass is 16.5. The fourth-order valence-corrected chi connectivity index (χ4v) is 1.80. The molecule has 0 N–H and O–H groups in total. The van der Waals surface area contributed by atoms with Gasteiger partial charge in [-0.15, -0.1) is 5.92 Å². The van der Waals surface area contributed by atoms with Crippen LogP contribution in [0.1, 0.15) is 66.7 Å². The predicted octanol–water partition coefficient (Wildman–Crippen LogP) is 3.48. The Morgan fingerprint density at radius 1 is 0.957 bits per heavy atom. The Morgan fingerprint density at radius 2 is 1.52 bits per heavy atom. The average molecular weight is 320 g/mol. The molecule has 0 bridgehead atoms. The summed E-state index contributed by atoms with van der Waals surface area (Å²) >= 11 is 0. The van der Waals surface area contributed by atoms with Crippen LogP contribution < -0.4 is 0 Å². The highest BCUT2D eigenvalue weighted by Crippen LogP contribution is 2.10. The molecule has 4 nitrogen and oxygen atoms in total. The number of hydrogen-bond donors (Lipinski definition) is 0. The summed E-state index contributed by atoms with van der Waals surface area (Å²) < 4.78 is 10.5. The van der Waals surface area contributed by atoms with Gasteiger partial charge in [-0.2, -0.15) is 0 Å². The van der Waals surface area contributed by atoms with Crippen LogP contribution in [-0.4, -0.2) is 24.1 Å². The Bertz CT molecular complexity index is 485. The largest absolute Gasteiger partial charge is 0.449 e. The van der Waals surface area contributed by atoms with Crippen molar-refractivity contribution in [2.24, 2.45) is 5.92 Å². The van der Waals surface area contributed by atoms with Gasteiger partial charge in [-0.05, 0) is 25.7 Å². The molecule has 4 heteroatoms. The minimum Gasteiger partial charge on any atom is -0.449 e. The zero-order valence-corrected chi connectivity index (χ0v) is 14.9. The van der Waals surface area contributed by atoms with Crippen molar-refractivity contribution in [3.05, 3.63) is 0 Å². The van der Waals surface area contributed by atoms with Crippen LogP contribution >= 0.6 is 0 Å². The van der Waals surface area contributed by atoms with Gasteiger partial charge in [0.05, 0.1) is 12.8 Å². The van der Waals surface area contributed by atoms with Crippen LogP contribution in [0.3, 0.4) is 0 Å². The Kier molecular flexibility index (Phi) is 11.5. The molecule has 0 aliphatic heterocycles. The molecule has 0 amide bonds. The van der Waals surface area contributed by atoms with Crippen molar-refractivity contribution in [3.63, 3.8) is 0 Å². The first-order valence-corrected chi connectivity index (χ1v) is 8.22. The lowest BCUT2D eigenvalue weighted by Crippen LogP contribution is -2.21. The molecule has 2 atom stereocenters. The van der Waals surface area contributed by atoms with Crippen LogP contribution in [0, 0.1) is 29.6 Å². The molecule has 0 saturated heterocycles. The minimum absolute atomic E-state index is 0.00276. The van der Waals surface area contributed by atoms with E-state index in [-0.39, 0.29) is 12.8 Å². The van der Waals surface area contributed by atoms with Crippen molar-refractivity contribution < 1.29 is 19.1 Å². The third kappa shape index (κ3) is 11.3. The first kappa shape index (κ1) is 21.1. The third-order valence-corrected chi connectivity index (χ3v) is 2.88. The van der Waals surface area contributed by atoms with Crippen LogP contribution in [0.15, 0.2) is 0 Å². The molecule has 0 aliphatic carbocycles. The fourth-order valence-electron chi connectivity index (χ4n) is 1.80. The van der Waals surface area contributed by atoms with Gasteiger partial charge in [0.1, 0.15) is 0 Å². The monoisotopic (exact) mass is 320 g/mol. The molecule has 128 valence electrons. The SMILES string of the molecule is CC#CC(CC)OC(=O)CCC(=O)OC(C#CCC)CC(C)C. The van der Waals surface area contributed by atoms with Crippen LogP contribution in [0.25, 0.3) is 0 Å². The van der Waals surface area contributed by atoms with E-state index in [1.165, 1.54) is 0 Å². The van der Waals surface area contributed by atoms with Crippen LogP contribution in [0.5, 0.6) is 0 Å². The Balaban J connectivity index is 4.34. The Morgan fingerprint density at radius 3 is 1.96 bits per heavy atom. The van der Waals surface area contributed by atoms with Crippen LogP contribution in [0.4, 0.5) is 0 Å². The molecular weight excluding hydrogens is 292 g/mol. The minimum atomic E-state index is -0.434. The van der Waals surface area contributed by atoms with Crippen molar-refractivity contribution in [3.8, 4) is 23.7 Å². The average Bonchev–Trinajstić information content (AvgIpc) is 2.49. The van der Waals surface area contributed by atoms with Crippen molar-refractivity contribution >= 4 is 11.9 Å². The second-order valence-electron chi connectivity index (χ2n) is 5.56. The number of rotatable bonds is 8. The second kappa shape index (κ2) is 12.6. The van der Waals surface area contributed by atoms with E-state index in [4.69, 9.17) is 9.47 Å². The van der Waals surface area contributed by atoms with E-state index in [1.807, 2.05) is 27.7 Å². The van der Waals surface area contributed by atoms with Gasteiger partial charge in [0.2, 0.25) is 0 Å². The van der Waals surface area contributed by atoms with Gasteiger partial charge >= 0.3 is 11.9 Å². The third-order valence-electron chi connectivity index (χ3n) is 2.88. The topological polar surface area (TPSA) is 52.6 Å². The zero-order chi connectivity index (χ0) is 17.7. The van der Waals surface area contributed by atoms with Gasteiger partial charge in [0.15, 0.2) is 12.2 Å². The van der Waals surface area contributed by atoms with Gasteiger partial charge in [-0.25, -0.2) is 0 Å². The van der Waals surface area contributed by atoms with Crippen LogP contribution in [-0.2, 0) is 19.1 Å². The summed E-state index contributed by atoms with van der Waals surface area (Å²) in [6, 6.07) is 0. The Labute approximate surface area is 140 Å². The second-order valence-corrected chi connectivity index (χ2v) is 5.56. The Hall–Kier alpha value is -1.94. The number of hydrogen-bond acceptors (Lipinski definition) is 4. The maximum atomic E-state index is 11.9. The van der Waals surface area contributed by atoms with Crippen molar-refractivity contribution in [2.45, 2.75) is 78.9 Å². The molecule has 2 unspecified atom stereocenters. The summed E-state index contributed by atoms with van der Waals surface area (Å²) in [7, 11) is 0. The van der Waals surface area contributed by atoms with E-state index in [2.05, 4.69) is 23.7 Å². The molecule has 0 saturated carbocycles. The summed E-state index contributed by atoms with van der Waals surface area (Å²) in [6.07, 6.45) is 1.20. The molecule has 0 fully saturated rings. The fraction of sp³-hybridized carbons (Fsp3) is 0.684. The summed E-state index contributed by atoms with van der Waals surface area (Å²) in [6.45, 7) is 9.62. The number of esters is 2. The number of carbonyl (C=O) groups excluding carboxylic acids is 2. The van der Waals surface area contributed by atoms with Gasteiger partial charge in [-0.3, -0.25) is 9.59 Å². The standard InChI is InChI=1S/C19H28O4/c1-6-9-11-17(14-15(4)5)23-19(21)13-12-18(20)22-16(8-3)10-7-2/h15-17H,6,8,12-14H2,1-5H3. The van der Waals surface area contributed by atoms with Gasteiger partial charge in [0, 0.05) is 6.42 Å². The molecule has 23 heavy (non-hydrogen) atoms. The molecule has 0 spiro atoms. The lowest BCUT2D eigenvalue weighted by atomic mass is 10.1. The van der Waals surface area contributed by atoms with Gasteiger partial charge < -0.3 is 9.47 Å². The highest BCUT2D eigenvalue weighted by Gasteiger charge is 2.16. The molecule has 0 aromatic carbocycles. The van der Waals surface area contributed by atoms with E-state index < -0.39 is 24.1 Å². The maximum absolute atomic E-state index is 11.9. The predicted molar refractivity (Wildman–Crippen MR) is 90.3 cm³/mol. The lowest BCUT2D eigenvalue weighted by molar-refractivity contribution is -0.153. The van der Waals surface area contributed by atoms with E-state index in [9.17, 15) is 9.59 Å². The van der Waals surface area contributed by atoms with E-state index in [0.717, 1.165) is 6.42 Å².